The minimum Gasteiger partial charge on any atom is -0.497 e. The van der Waals surface area contributed by atoms with E-state index in [2.05, 4.69) is 5.32 Å². The Morgan fingerprint density at radius 2 is 1.59 bits per heavy atom. The van der Waals surface area contributed by atoms with E-state index in [1.807, 2.05) is 20.8 Å². The van der Waals surface area contributed by atoms with Crippen molar-refractivity contribution in [2.24, 2.45) is 0 Å². The molecule has 1 N–H and O–H groups in total. The molecule has 0 aromatic heterocycles. The van der Waals surface area contributed by atoms with Gasteiger partial charge in [0.1, 0.15) is 18.3 Å². The smallest absolute Gasteiger partial charge is 0.264 e. The molecule has 0 saturated heterocycles. The average Bonchev–Trinajstić information content (AvgIpc) is 2.96. The van der Waals surface area contributed by atoms with Crippen molar-refractivity contribution < 1.29 is 22.7 Å². The third kappa shape index (κ3) is 8.38. The lowest BCUT2D eigenvalue weighted by molar-refractivity contribution is -0.140. The summed E-state index contributed by atoms with van der Waals surface area (Å²) in [5.74, 6) is -0.374. The van der Waals surface area contributed by atoms with Gasteiger partial charge in [0.25, 0.3) is 10.0 Å². The number of ether oxygens (including phenoxy) is 1. The number of methoxy groups -OCH3 is 1. The molecule has 8 nitrogen and oxygen atoms in total. The van der Waals surface area contributed by atoms with Crippen molar-refractivity contribution in [2.45, 2.75) is 57.1 Å². The molecule has 0 fully saturated rings. The van der Waals surface area contributed by atoms with Gasteiger partial charge < -0.3 is 15.0 Å². The Kier molecular flexibility index (Phi) is 11.5. The molecule has 2 amide bonds. The Morgan fingerprint density at radius 3 is 2.15 bits per heavy atom. The minimum atomic E-state index is -4.22. The van der Waals surface area contributed by atoms with Crippen molar-refractivity contribution in [1.82, 2.24) is 10.2 Å². The number of nitrogens with zero attached hydrogens (tertiary/aromatic N) is 2. The molecule has 0 unspecified atom stereocenters. The van der Waals surface area contributed by atoms with E-state index >= 15 is 0 Å². The molecule has 220 valence electrons. The number of hydrogen-bond acceptors (Lipinski definition) is 5. The quantitative estimate of drug-likeness (QED) is 0.256. The van der Waals surface area contributed by atoms with E-state index in [1.54, 1.807) is 42.5 Å². The molecule has 3 rings (SSSR count). The van der Waals surface area contributed by atoms with Crippen LogP contribution in [0, 0.1) is 0 Å². The molecule has 0 aliphatic carbocycles. The fourth-order valence-electron chi connectivity index (χ4n) is 4.18. The van der Waals surface area contributed by atoms with E-state index in [0.29, 0.717) is 22.2 Å². The molecule has 3 aromatic rings. The molecule has 41 heavy (non-hydrogen) atoms. The van der Waals surface area contributed by atoms with Crippen LogP contribution >= 0.6 is 23.2 Å². The standard InChI is InChI=1S/C30H35Cl2N3O5S/c1-5-21(3)33-30(37)28(6-2)34(19-22-10-12-23(31)13-11-22)29(36)20-35(25-9-7-8-24(32)18-25)41(38,39)27-16-14-26(40-4)15-17-27/h7-18,21,28H,5-6,19-20H2,1-4H3,(H,33,37)/t21-,28+/m1/s1. The number of benzene rings is 3. The monoisotopic (exact) mass is 619 g/mol. The van der Waals surface area contributed by atoms with Crippen LogP contribution in [-0.4, -0.2) is 50.9 Å². The van der Waals surface area contributed by atoms with Gasteiger partial charge in [-0.05, 0) is 79.9 Å². The average molecular weight is 621 g/mol. The van der Waals surface area contributed by atoms with Gasteiger partial charge in [0.15, 0.2) is 0 Å². The molecule has 0 radical (unpaired) electrons. The van der Waals surface area contributed by atoms with Crippen LogP contribution in [0.25, 0.3) is 0 Å². The van der Waals surface area contributed by atoms with Crippen molar-refractivity contribution in [2.75, 3.05) is 18.0 Å². The van der Waals surface area contributed by atoms with Gasteiger partial charge in [-0.2, -0.15) is 0 Å². The number of carbonyl (C=O) groups excluding carboxylic acids is 2. The zero-order valence-electron chi connectivity index (χ0n) is 23.5. The summed E-state index contributed by atoms with van der Waals surface area (Å²) in [5, 5.41) is 3.80. The summed E-state index contributed by atoms with van der Waals surface area (Å²) >= 11 is 12.3. The van der Waals surface area contributed by atoms with E-state index < -0.39 is 28.5 Å². The Bertz CT molecular complexity index is 1430. The van der Waals surface area contributed by atoms with Crippen molar-refractivity contribution >= 4 is 50.7 Å². The summed E-state index contributed by atoms with van der Waals surface area (Å²) in [5.41, 5.74) is 0.954. The summed E-state index contributed by atoms with van der Waals surface area (Å²) in [6, 6.07) is 18.2. The molecular formula is C30H35Cl2N3O5S. The minimum absolute atomic E-state index is 0.0307. The molecule has 0 aliphatic heterocycles. The summed E-state index contributed by atoms with van der Waals surface area (Å²) in [6.07, 6.45) is 1.04. The van der Waals surface area contributed by atoms with Gasteiger partial charge in [-0.3, -0.25) is 13.9 Å². The van der Waals surface area contributed by atoms with Crippen molar-refractivity contribution in [3.63, 3.8) is 0 Å². The van der Waals surface area contributed by atoms with Crippen LogP contribution in [0.4, 0.5) is 5.69 Å². The highest BCUT2D eigenvalue weighted by molar-refractivity contribution is 7.92. The molecule has 0 bridgehead atoms. The fraction of sp³-hybridized carbons (Fsp3) is 0.333. The molecule has 0 saturated carbocycles. The molecule has 11 heteroatoms. The van der Waals surface area contributed by atoms with Gasteiger partial charge in [0, 0.05) is 22.6 Å². The number of nitrogens with one attached hydrogen (secondary N) is 1. The zero-order chi connectivity index (χ0) is 30.2. The first-order chi connectivity index (χ1) is 19.5. The van der Waals surface area contributed by atoms with Crippen LogP contribution in [0.3, 0.4) is 0 Å². The lowest BCUT2D eigenvalue weighted by atomic mass is 10.1. The highest BCUT2D eigenvalue weighted by Crippen LogP contribution is 2.28. The summed E-state index contributed by atoms with van der Waals surface area (Å²) in [7, 11) is -2.74. The number of sulfonamides is 1. The second kappa shape index (κ2) is 14.6. The van der Waals surface area contributed by atoms with Gasteiger partial charge in [-0.15, -0.1) is 0 Å². The van der Waals surface area contributed by atoms with Gasteiger partial charge >= 0.3 is 0 Å². The molecule has 0 heterocycles. The topological polar surface area (TPSA) is 96.0 Å². The maximum atomic E-state index is 14.1. The normalized spacial score (nSPS) is 12.7. The van der Waals surface area contributed by atoms with Crippen molar-refractivity contribution in [3.05, 3.63) is 88.4 Å². The molecule has 2 atom stereocenters. The first-order valence-electron chi connectivity index (χ1n) is 13.3. The first-order valence-corrected chi connectivity index (χ1v) is 15.5. The summed E-state index contributed by atoms with van der Waals surface area (Å²) in [4.78, 5) is 28.8. The fourth-order valence-corrected chi connectivity index (χ4v) is 5.90. The number of rotatable bonds is 13. The van der Waals surface area contributed by atoms with E-state index in [0.717, 1.165) is 16.3 Å². The first kappa shape index (κ1) is 32.2. The maximum Gasteiger partial charge on any atom is 0.264 e. The largest absolute Gasteiger partial charge is 0.497 e. The lowest BCUT2D eigenvalue weighted by Gasteiger charge is -2.33. The van der Waals surface area contributed by atoms with E-state index in [1.165, 1.54) is 42.3 Å². The Hall–Kier alpha value is -3.27. The van der Waals surface area contributed by atoms with E-state index in [9.17, 15) is 18.0 Å². The van der Waals surface area contributed by atoms with Crippen LogP contribution in [0.1, 0.15) is 39.2 Å². The third-order valence-corrected chi connectivity index (χ3v) is 8.95. The van der Waals surface area contributed by atoms with Crippen molar-refractivity contribution in [3.8, 4) is 5.75 Å². The second-order valence-electron chi connectivity index (χ2n) is 9.56. The molecule has 3 aromatic carbocycles. The predicted molar refractivity (Wildman–Crippen MR) is 163 cm³/mol. The van der Waals surface area contributed by atoms with E-state index in [4.69, 9.17) is 27.9 Å². The zero-order valence-corrected chi connectivity index (χ0v) is 25.8. The number of hydrogen-bond donors (Lipinski definition) is 1. The van der Waals surface area contributed by atoms with Crippen molar-refractivity contribution in [1.29, 1.82) is 0 Å². The number of halogens is 2. The third-order valence-electron chi connectivity index (χ3n) is 6.68. The summed E-state index contributed by atoms with van der Waals surface area (Å²) < 4.78 is 34.0. The number of amides is 2. The number of anilines is 1. The van der Waals surface area contributed by atoms with Gasteiger partial charge in [-0.1, -0.05) is 55.2 Å². The number of carbonyl (C=O) groups is 2. The molecule has 0 aliphatic rings. The van der Waals surface area contributed by atoms with Crippen LogP contribution < -0.4 is 14.4 Å². The Morgan fingerprint density at radius 1 is 0.927 bits per heavy atom. The Balaban J connectivity index is 2.06. The van der Waals surface area contributed by atoms with E-state index in [-0.39, 0.29) is 29.1 Å². The van der Waals surface area contributed by atoms with Gasteiger partial charge in [0.05, 0.1) is 17.7 Å². The SMILES string of the molecule is CC[C@@H](C)NC(=O)[C@H](CC)N(Cc1ccc(Cl)cc1)C(=O)CN(c1cccc(Cl)c1)S(=O)(=O)c1ccc(OC)cc1. The van der Waals surface area contributed by atoms with Crippen LogP contribution in [-0.2, 0) is 26.2 Å². The highest BCUT2D eigenvalue weighted by Gasteiger charge is 2.34. The van der Waals surface area contributed by atoms with Crippen LogP contribution in [0.5, 0.6) is 5.75 Å². The van der Waals surface area contributed by atoms with Gasteiger partial charge in [0.2, 0.25) is 11.8 Å². The Labute approximate surface area is 252 Å². The summed E-state index contributed by atoms with van der Waals surface area (Å²) in [6.45, 7) is 5.17. The lowest BCUT2D eigenvalue weighted by Crippen LogP contribution is -2.53. The second-order valence-corrected chi connectivity index (χ2v) is 12.3. The maximum absolute atomic E-state index is 14.1. The van der Waals surface area contributed by atoms with Crippen LogP contribution in [0.15, 0.2) is 77.7 Å². The molecular weight excluding hydrogens is 585 g/mol. The highest BCUT2D eigenvalue weighted by atomic mass is 35.5. The van der Waals surface area contributed by atoms with Crippen LogP contribution in [0.2, 0.25) is 10.0 Å². The van der Waals surface area contributed by atoms with Gasteiger partial charge in [-0.25, -0.2) is 8.42 Å². The molecule has 0 spiro atoms. The predicted octanol–water partition coefficient (Wildman–Crippen LogP) is 5.92.